The van der Waals surface area contributed by atoms with Crippen molar-refractivity contribution in [3.05, 3.63) is 76.7 Å². The SMILES string of the molecule is CC1CCCCN1CCCNC(=O)Cn1ncc2c3ccccc3n(Cc3ccccc3)c2c1=O. The van der Waals surface area contributed by atoms with Crippen molar-refractivity contribution >= 4 is 27.7 Å². The van der Waals surface area contributed by atoms with Crippen LogP contribution in [0.1, 0.15) is 38.2 Å². The lowest BCUT2D eigenvalue weighted by Gasteiger charge is -2.33. The molecule has 0 spiro atoms. The Morgan fingerprint density at radius 2 is 1.86 bits per heavy atom. The summed E-state index contributed by atoms with van der Waals surface area (Å²) in [4.78, 5) is 28.6. The molecule has 1 N–H and O–H groups in total. The van der Waals surface area contributed by atoms with Gasteiger partial charge in [-0.25, -0.2) is 4.68 Å². The second-order valence-electron chi connectivity index (χ2n) is 9.54. The molecule has 2 aromatic heterocycles. The fraction of sp³-hybridized carbons (Fsp3) is 0.393. The molecule has 1 saturated heterocycles. The number of rotatable bonds is 8. The third-order valence-electron chi connectivity index (χ3n) is 7.14. The molecule has 1 fully saturated rings. The van der Waals surface area contributed by atoms with Crippen molar-refractivity contribution < 1.29 is 4.79 Å². The molecule has 35 heavy (non-hydrogen) atoms. The number of para-hydroxylation sites is 1. The van der Waals surface area contributed by atoms with E-state index in [0.29, 0.717) is 24.6 Å². The maximum atomic E-state index is 13.5. The molecular weight excluding hydrogens is 438 g/mol. The molecule has 0 aliphatic carbocycles. The van der Waals surface area contributed by atoms with Gasteiger partial charge in [-0.1, -0.05) is 55.0 Å². The molecule has 1 amide bonds. The first-order valence-electron chi connectivity index (χ1n) is 12.6. The molecule has 1 aliphatic rings. The lowest BCUT2D eigenvalue weighted by molar-refractivity contribution is -0.121. The first kappa shape index (κ1) is 23.3. The molecule has 3 heterocycles. The quantitative estimate of drug-likeness (QED) is 0.397. The average molecular weight is 472 g/mol. The average Bonchev–Trinajstić information content (AvgIpc) is 3.19. The first-order valence-corrected chi connectivity index (χ1v) is 12.6. The van der Waals surface area contributed by atoms with Crippen molar-refractivity contribution in [2.24, 2.45) is 0 Å². The molecule has 4 aromatic rings. The summed E-state index contributed by atoms with van der Waals surface area (Å²) in [6.07, 6.45) is 6.44. The summed E-state index contributed by atoms with van der Waals surface area (Å²) in [6, 6.07) is 18.7. The number of fused-ring (bicyclic) bond motifs is 3. The van der Waals surface area contributed by atoms with Gasteiger partial charge >= 0.3 is 0 Å². The van der Waals surface area contributed by atoms with Gasteiger partial charge in [0.2, 0.25) is 5.91 Å². The van der Waals surface area contributed by atoms with Gasteiger partial charge in [-0.3, -0.25) is 9.59 Å². The summed E-state index contributed by atoms with van der Waals surface area (Å²) in [6.45, 7) is 5.51. The number of nitrogens with one attached hydrogen (secondary N) is 1. The maximum Gasteiger partial charge on any atom is 0.291 e. The Morgan fingerprint density at radius 3 is 2.69 bits per heavy atom. The number of nitrogens with zero attached hydrogens (tertiary/aromatic N) is 4. The highest BCUT2D eigenvalue weighted by atomic mass is 16.2. The number of hydrogen-bond acceptors (Lipinski definition) is 4. The smallest absolute Gasteiger partial charge is 0.291 e. The zero-order valence-electron chi connectivity index (χ0n) is 20.3. The van der Waals surface area contributed by atoms with Gasteiger partial charge in [-0.2, -0.15) is 5.10 Å². The summed E-state index contributed by atoms with van der Waals surface area (Å²) in [7, 11) is 0. The number of carbonyl (C=O) groups excluding carboxylic acids is 1. The Bertz CT molecular complexity index is 1370. The summed E-state index contributed by atoms with van der Waals surface area (Å²) >= 11 is 0. The number of amides is 1. The molecule has 5 rings (SSSR count). The maximum absolute atomic E-state index is 13.5. The lowest BCUT2D eigenvalue weighted by atomic mass is 10.0. The van der Waals surface area contributed by atoms with Crippen LogP contribution in [0.2, 0.25) is 0 Å². The highest BCUT2D eigenvalue weighted by Gasteiger charge is 2.19. The zero-order chi connectivity index (χ0) is 24.2. The zero-order valence-corrected chi connectivity index (χ0v) is 20.3. The van der Waals surface area contributed by atoms with Gasteiger partial charge in [0, 0.05) is 42.0 Å². The van der Waals surface area contributed by atoms with Crippen LogP contribution in [0.4, 0.5) is 0 Å². The van der Waals surface area contributed by atoms with E-state index in [1.54, 1.807) is 6.20 Å². The minimum atomic E-state index is -0.244. The second-order valence-corrected chi connectivity index (χ2v) is 9.54. The van der Waals surface area contributed by atoms with Crippen LogP contribution >= 0.6 is 0 Å². The van der Waals surface area contributed by atoms with Crippen LogP contribution in [0, 0.1) is 0 Å². The van der Waals surface area contributed by atoms with Gasteiger partial charge in [0.15, 0.2) is 0 Å². The van der Waals surface area contributed by atoms with E-state index in [1.165, 1.54) is 23.9 Å². The topological polar surface area (TPSA) is 72.2 Å². The highest BCUT2D eigenvalue weighted by molar-refractivity contribution is 6.07. The number of benzene rings is 2. The number of hydrogen-bond donors (Lipinski definition) is 1. The first-order chi connectivity index (χ1) is 17.1. The molecule has 2 aromatic carbocycles. The summed E-state index contributed by atoms with van der Waals surface area (Å²) in [5.74, 6) is -0.184. The molecule has 0 radical (unpaired) electrons. The lowest BCUT2D eigenvalue weighted by Crippen LogP contribution is -2.40. The number of aromatic nitrogens is 3. The fourth-order valence-electron chi connectivity index (χ4n) is 5.23. The van der Waals surface area contributed by atoms with Crippen LogP contribution in [0.25, 0.3) is 21.8 Å². The van der Waals surface area contributed by atoms with Crippen LogP contribution in [0.5, 0.6) is 0 Å². The van der Waals surface area contributed by atoms with Gasteiger partial charge < -0.3 is 14.8 Å². The van der Waals surface area contributed by atoms with Crippen molar-refractivity contribution in [1.29, 1.82) is 0 Å². The molecule has 182 valence electrons. The van der Waals surface area contributed by atoms with Crippen molar-refractivity contribution in [2.45, 2.75) is 51.7 Å². The number of likely N-dealkylation sites (tertiary alicyclic amines) is 1. The predicted molar refractivity (Wildman–Crippen MR) is 140 cm³/mol. The van der Waals surface area contributed by atoms with Crippen LogP contribution in [0.15, 0.2) is 65.6 Å². The van der Waals surface area contributed by atoms with Gasteiger partial charge in [0.1, 0.15) is 12.1 Å². The molecular formula is C28H33N5O2. The second kappa shape index (κ2) is 10.4. The minimum absolute atomic E-state index is 0.0816. The summed E-state index contributed by atoms with van der Waals surface area (Å²) in [5, 5.41) is 9.13. The van der Waals surface area contributed by atoms with Gasteiger partial charge in [0.25, 0.3) is 5.56 Å². The van der Waals surface area contributed by atoms with E-state index in [9.17, 15) is 9.59 Å². The van der Waals surface area contributed by atoms with E-state index in [2.05, 4.69) is 34.4 Å². The highest BCUT2D eigenvalue weighted by Crippen LogP contribution is 2.27. The predicted octanol–water partition coefficient (Wildman–Crippen LogP) is 3.78. The van der Waals surface area contributed by atoms with E-state index in [1.807, 2.05) is 47.0 Å². The van der Waals surface area contributed by atoms with Crippen LogP contribution in [-0.4, -0.2) is 50.8 Å². The Labute approximate surface area is 205 Å². The van der Waals surface area contributed by atoms with Crippen molar-refractivity contribution in [3.63, 3.8) is 0 Å². The number of piperidine rings is 1. The van der Waals surface area contributed by atoms with E-state index in [0.717, 1.165) is 41.4 Å². The molecule has 7 nitrogen and oxygen atoms in total. The van der Waals surface area contributed by atoms with Gasteiger partial charge in [-0.15, -0.1) is 0 Å². The standard InChI is InChI=1S/C28H33N5O2/c1-21-10-7-8-16-31(21)17-9-15-29-26(34)20-33-28(35)27-24(18-30-33)23-13-5-6-14-25(23)32(27)19-22-11-3-2-4-12-22/h2-6,11-14,18,21H,7-10,15-17,19-20H2,1H3,(H,29,34). The third kappa shape index (κ3) is 5.00. The van der Waals surface area contributed by atoms with Crippen molar-refractivity contribution in [2.75, 3.05) is 19.6 Å². The van der Waals surface area contributed by atoms with Crippen LogP contribution < -0.4 is 10.9 Å². The fourth-order valence-corrected chi connectivity index (χ4v) is 5.23. The molecule has 1 atom stereocenters. The molecule has 0 saturated carbocycles. The van der Waals surface area contributed by atoms with Gasteiger partial charge in [-0.05, 0) is 44.4 Å². The van der Waals surface area contributed by atoms with E-state index >= 15 is 0 Å². The summed E-state index contributed by atoms with van der Waals surface area (Å²) in [5.41, 5.74) is 2.43. The Balaban J connectivity index is 1.33. The van der Waals surface area contributed by atoms with E-state index in [4.69, 9.17) is 0 Å². The minimum Gasteiger partial charge on any atom is -0.354 e. The largest absolute Gasteiger partial charge is 0.354 e. The van der Waals surface area contributed by atoms with Gasteiger partial charge in [0.05, 0.1) is 6.20 Å². The third-order valence-corrected chi connectivity index (χ3v) is 7.14. The van der Waals surface area contributed by atoms with E-state index < -0.39 is 0 Å². The Kier molecular flexibility index (Phi) is 6.95. The molecule has 1 aliphatic heterocycles. The Morgan fingerprint density at radius 1 is 1.06 bits per heavy atom. The normalized spacial score (nSPS) is 16.7. The van der Waals surface area contributed by atoms with E-state index in [-0.39, 0.29) is 18.0 Å². The molecule has 0 bridgehead atoms. The molecule has 7 heteroatoms. The van der Waals surface area contributed by atoms with Crippen LogP contribution in [0.3, 0.4) is 0 Å². The molecule has 1 unspecified atom stereocenters. The Hall–Kier alpha value is -3.45. The van der Waals surface area contributed by atoms with Crippen molar-refractivity contribution in [3.8, 4) is 0 Å². The van der Waals surface area contributed by atoms with Crippen molar-refractivity contribution in [1.82, 2.24) is 24.6 Å². The van der Waals surface area contributed by atoms with Crippen LogP contribution in [-0.2, 0) is 17.9 Å². The number of carbonyl (C=O) groups is 1. The summed E-state index contributed by atoms with van der Waals surface area (Å²) < 4.78 is 3.32. The monoisotopic (exact) mass is 471 g/mol.